The molecule has 1 aliphatic rings. The summed E-state index contributed by atoms with van der Waals surface area (Å²) in [6, 6.07) is 6.28. The Bertz CT molecular complexity index is 1200. The summed E-state index contributed by atoms with van der Waals surface area (Å²) < 4.78 is 11.4. The summed E-state index contributed by atoms with van der Waals surface area (Å²) in [5.74, 6) is -1.83. The van der Waals surface area contributed by atoms with Gasteiger partial charge in [0.2, 0.25) is 23.6 Å². The summed E-state index contributed by atoms with van der Waals surface area (Å²) >= 11 is 0. The molecule has 256 valence electrons. The third-order valence-corrected chi connectivity index (χ3v) is 7.06. The molecule has 12 nitrogen and oxygen atoms in total. The van der Waals surface area contributed by atoms with Crippen molar-refractivity contribution in [3.63, 3.8) is 0 Å². The first-order valence-electron chi connectivity index (χ1n) is 16.1. The Morgan fingerprint density at radius 2 is 1.63 bits per heavy atom. The Hall–Kier alpha value is -3.93. The third kappa shape index (κ3) is 14.4. The van der Waals surface area contributed by atoms with Gasteiger partial charge in [0.25, 0.3) is 0 Å². The molecule has 1 heterocycles. The van der Waals surface area contributed by atoms with Crippen molar-refractivity contribution in [3.8, 4) is 0 Å². The van der Waals surface area contributed by atoms with Gasteiger partial charge < -0.3 is 36.1 Å². The first-order valence-corrected chi connectivity index (χ1v) is 16.1. The number of hydrogen-bond donors (Lipinski definition) is 5. The van der Waals surface area contributed by atoms with Crippen LogP contribution in [0.4, 0.5) is 4.79 Å². The minimum Gasteiger partial charge on any atom is -0.445 e. The second-order valence-electron chi connectivity index (χ2n) is 13.5. The SMILES string of the molecule is CC(C)C[C@H](NC(=O)[C@@H](NC(=O)OCc1ccccc1)C(C)OC(C)(C)C)C(=O)N[C@H](/C=C/C(=O)NC(C)C)C[C@@H]1CCNC1=O. The lowest BCUT2D eigenvalue weighted by Gasteiger charge is -2.32. The van der Waals surface area contributed by atoms with Crippen LogP contribution < -0.4 is 26.6 Å². The fourth-order valence-electron chi connectivity index (χ4n) is 5.06. The second-order valence-corrected chi connectivity index (χ2v) is 13.5. The normalized spacial score (nSPS) is 17.6. The maximum absolute atomic E-state index is 13.7. The Balaban J connectivity index is 2.23. The van der Waals surface area contributed by atoms with Gasteiger partial charge in [-0.05, 0) is 72.3 Å². The van der Waals surface area contributed by atoms with Crippen LogP contribution in [0, 0.1) is 11.8 Å². The van der Waals surface area contributed by atoms with Crippen LogP contribution in [0.3, 0.4) is 0 Å². The maximum atomic E-state index is 13.7. The van der Waals surface area contributed by atoms with Gasteiger partial charge in [-0.3, -0.25) is 19.2 Å². The number of benzene rings is 1. The van der Waals surface area contributed by atoms with Crippen molar-refractivity contribution in [3.05, 3.63) is 48.0 Å². The number of rotatable bonds is 16. The molecular weight excluding hydrogens is 590 g/mol. The van der Waals surface area contributed by atoms with E-state index in [2.05, 4.69) is 26.6 Å². The molecule has 46 heavy (non-hydrogen) atoms. The summed E-state index contributed by atoms with van der Waals surface area (Å²) in [4.78, 5) is 64.9. The highest BCUT2D eigenvalue weighted by molar-refractivity contribution is 5.92. The summed E-state index contributed by atoms with van der Waals surface area (Å²) in [6.45, 7) is 15.2. The van der Waals surface area contributed by atoms with Gasteiger partial charge in [0.05, 0.1) is 11.7 Å². The summed E-state index contributed by atoms with van der Waals surface area (Å²) in [5, 5.41) is 13.9. The first kappa shape index (κ1) is 38.3. The molecule has 0 aromatic heterocycles. The van der Waals surface area contributed by atoms with Crippen LogP contribution in [0.1, 0.15) is 80.2 Å². The van der Waals surface area contributed by atoms with Crippen molar-refractivity contribution in [1.82, 2.24) is 26.6 Å². The molecule has 1 aromatic rings. The summed E-state index contributed by atoms with van der Waals surface area (Å²) in [7, 11) is 0. The number of ether oxygens (including phenoxy) is 2. The Morgan fingerprint density at radius 3 is 2.20 bits per heavy atom. The van der Waals surface area contributed by atoms with Gasteiger partial charge in [0.15, 0.2) is 0 Å². The molecule has 5 atom stereocenters. The minimum absolute atomic E-state index is 0.0109. The van der Waals surface area contributed by atoms with Gasteiger partial charge in [0.1, 0.15) is 18.7 Å². The zero-order chi connectivity index (χ0) is 34.4. The molecule has 1 unspecified atom stereocenters. The number of alkyl carbamates (subject to hydrolysis) is 1. The largest absolute Gasteiger partial charge is 0.445 e. The summed E-state index contributed by atoms with van der Waals surface area (Å²) in [6.07, 6.45) is 2.54. The van der Waals surface area contributed by atoms with E-state index in [4.69, 9.17) is 9.47 Å². The summed E-state index contributed by atoms with van der Waals surface area (Å²) in [5.41, 5.74) is 0.155. The molecule has 1 saturated heterocycles. The van der Waals surface area contributed by atoms with E-state index in [-0.39, 0.29) is 36.3 Å². The van der Waals surface area contributed by atoms with Crippen molar-refractivity contribution in [1.29, 1.82) is 0 Å². The van der Waals surface area contributed by atoms with Crippen molar-refractivity contribution in [2.45, 2.75) is 117 Å². The fourth-order valence-corrected chi connectivity index (χ4v) is 5.06. The highest BCUT2D eigenvalue weighted by Crippen LogP contribution is 2.18. The van der Waals surface area contributed by atoms with E-state index in [0.29, 0.717) is 25.8 Å². The number of amides is 5. The molecule has 12 heteroatoms. The molecule has 5 N–H and O–H groups in total. The number of carbonyl (C=O) groups excluding carboxylic acids is 5. The van der Waals surface area contributed by atoms with Gasteiger partial charge >= 0.3 is 6.09 Å². The predicted molar refractivity (Wildman–Crippen MR) is 175 cm³/mol. The van der Waals surface area contributed by atoms with Crippen LogP contribution in [-0.4, -0.2) is 72.1 Å². The highest BCUT2D eigenvalue weighted by atomic mass is 16.6. The van der Waals surface area contributed by atoms with Crippen molar-refractivity contribution < 1.29 is 33.4 Å². The second kappa shape index (κ2) is 18.3. The average molecular weight is 644 g/mol. The molecule has 1 aromatic carbocycles. The molecule has 1 aliphatic heterocycles. The molecular formula is C34H53N5O7. The van der Waals surface area contributed by atoms with Crippen molar-refractivity contribution in [2.75, 3.05) is 6.54 Å². The predicted octanol–water partition coefficient (Wildman–Crippen LogP) is 3.11. The van der Waals surface area contributed by atoms with E-state index in [1.807, 2.05) is 78.8 Å². The lowest BCUT2D eigenvalue weighted by molar-refractivity contribution is -0.135. The lowest BCUT2D eigenvalue weighted by Crippen LogP contribution is -2.59. The maximum Gasteiger partial charge on any atom is 0.408 e. The topological polar surface area (TPSA) is 164 Å². The Kier molecular flexibility index (Phi) is 15.2. The van der Waals surface area contributed by atoms with Crippen LogP contribution in [0.5, 0.6) is 0 Å². The molecule has 0 radical (unpaired) electrons. The first-order chi connectivity index (χ1) is 21.5. The monoisotopic (exact) mass is 643 g/mol. The number of hydrogen-bond acceptors (Lipinski definition) is 7. The van der Waals surface area contributed by atoms with Crippen molar-refractivity contribution >= 4 is 29.7 Å². The van der Waals surface area contributed by atoms with E-state index in [1.54, 1.807) is 13.0 Å². The Labute approximate surface area is 273 Å². The molecule has 1 fully saturated rings. The quantitative estimate of drug-likeness (QED) is 0.173. The smallest absolute Gasteiger partial charge is 0.408 e. The molecule has 5 amide bonds. The number of carbonyl (C=O) groups is 5. The van der Waals surface area contributed by atoms with Crippen LogP contribution >= 0.6 is 0 Å². The fraction of sp³-hybridized carbons (Fsp3) is 0.618. The molecule has 0 saturated carbocycles. The third-order valence-electron chi connectivity index (χ3n) is 7.06. The van der Waals surface area contributed by atoms with Crippen LogP contribution in [-0.2, 0) is 35.3 Å². The molecule has 2 rings (SSSR count). The van der Waals surface area contributed by atoms with Gasteiger partial charge in [-0.2, -0.15) is 0 Å². The van der Waals surface area contributed by atoms with Crippen LogP contribution in [0.25, 0.3) is 0 Å². The highest BCUT2D eigenvalue weighted by Gasteiger charge is 2.35. The number of nitrogens with one attached hydrogen (secondary N) is 5. The van der Waals surface area contributed by atoms with Gasteiger partial charge in [-0.15, -0.1) is 0 Å². The van der Waals surface area contributed by atoms with Crippen molar-refractivity contribution in [2.24, 2.45) is 11.8 Å². The Morgan fingerprint density at radius 1 is 0.957 bits per heavy atom. The van der Waals surface area contributed by atoms with E-state index in [0.717, 1.165) is 5.56 Å². The standard InChI is InChI=1S/C34H53N5O7/c1-21(2)18-27(31(42)37-26(14-15-28(40)36-22(3)4)19-25-16-17-35-30(25)41)38-32(43)29(23(5)46-34(6,7)8)39-33(44)45-20-24-12-10-9-11-13-24/h9-15,21-23,25-27,29H,16-20H2,1-8H3,(H,35,41)(H,36,40)(H,37,42)(H,38,43)(H,39,44)/b15-14+/t23?,25-,26+,27-,29-/m0/s1. The van der Waals surface area contributed by atoms with Gasteiger partial charge in [-0.25, -0.2) is 4.79 Å². The molecule has 0 bridgehead atoms. The zero-order valence-electron chi connectivity index (χ0n) is 28.5. The zero-order valence-corrected chi connectivity index (χ0v) is 28.5. The van der Waals surface area contributed by atoms with Gasteiger partial charge in [0, 0.05) is 30.6 Å². The van der Waals surface area contributed by atoms with Gasteiger partial charge in [-0.1, -0.05) is 50.3 Å². The van der Waals surface area contributed by atoms with E-state index < -0.39 is 47.7 Å². The van der Waals surface area contributed by atoms with Crippen LogP contribution in [0.15, 0.2) is 42.5 Å². The van der Waals surface area contributed by atoms with E-state index in [9.17, 15) is 24.0 Å². The molecule has 0 spiro atoms. The lowest BCUT2D eigenvalue weighted by atomic mass is 9.96. The average Bonchev–Trinajstić information content (AvgIpc) is 3.35. The van der Waals surface area contributed by atoms with E-state index in [1.165, 1.54) is 6.08 Å². The molecule has 0 aliphatic carbocycles. The van der Waals surface area contributed by atoms with E-state index >= 15 is 0 Å². The minimum atomic E-state index is -1.18. The van der Waals surface area contributed by atoms with Crippen LogP contribution in [0.2, 0.25) is 0 Å².